The van der Waals surface area contributed by atoms with Crippen LogP contribution in [0.5, 0.6) is 17.4 Å². The van der Waals surface area contributed by atoms with Gasteiger partial charge in [-0.1, -0.05) is 18.2 Å². The molecule has 132 valence electrons. The number of methoxy groups -OCH3 is 1. The number of nitriles is 1. The van der Waals surface area contributed by atoms with Crippen LogP contribution in [0.3, 0.4) is 0 Å². The van der Waals surface area contributed by atoms with Gasteiger partial charge < -0.3 is 9.47 Å². The summed E-state index contributed by atoms with van der Waals surface area (Å²) in [6, 6.07) is 23.0. The van der Waals surface area contributed by atoms with Crippen LogP contribution in [0.2, 0.25) is 0 Å². The van der Waals surface area contributed by atoms with Crippen molar-refractivity contribution in [2.24, 2.45) is 0 Å². The van der Waals surface area contributed by atoms with E-state index in [2.05, 4.69) is 6.07 Å². The molecule has 0 aliphatic rings. The van der Waals surface area contributed by atoms with Gasteiger partial charge in [0.25, 0.3) is 0 Å². The maximum atomic E-state index is 13.2. The molecule has 1 aromatic heterocycles. The fraction of sp³-hybridized carbons (Fsp3) is 0.0455. The molecule has 5 heteroatoms. The van der Waals surface area contributed by atoms with Crippen LogP contribution in [-0.2, 0) is 0 Å². The molecule has 27 heavy (non-hydrogen) atoms. The van der Waals surface area contributed by atoms with Crippen molar-refractivity contribution >= 4 is 10.9 Å². The molecule has 0 bridgehead atoms. The summed E-state index contributed by atoms with van der Waals surface area (Å²) in [5, 5.41) is 10.5. The minimum Gasteiger partial charge on any atom is -0.497 e. The normalized spacial score (nSPS) is 10.6. The van der Waals surface area contributed by atoms with Crippen molar-refractivity contribution in [3.8, 4) is 29.1 Å². The van der Waals surface area contributed by atoms with E-state index in [4.69, 9.17) is 9.47 Å². The third kappa shape index (κ3) is 2.98. The fourth-order valence-electron chi connectivity index (χ4n) is 3.02. The summed E-state index contributed by atoms with van der Waals surface area (Å²) in [7, 11) is 1.61. The molecule has 0 atom stereocenters. The number of benzene rings is 3. The van der Waals surface area contributed by atoms with Crippen molar-refractivity contribution in [1.29, 1.82) is 5.26 Å². The fourth-order valence-corrected chi connectivity index (χ4v) is 3.02. The third-order valence-electron chi connectivity index (χ3n) is 4.30. The summed E-state index contributed by atoms with van der Waals surface area (Å²) in [6.07, 6.45) is 0. The number of hydrogen-bond acceptors (Lipinski definition) is 3. The second-order valence-corrected chi connectivity index (χ2v) is 5.90. The lowest BCUT2D eigenvalue weighted by Gasteiger charge is -2.12. The molecular weight excluding hydrogens is 343 g/mol. The highest BCUT2D eigenvalue weighted by Crippen LogP contribution is 2.37. The van der Waals surface area contributed by atoms with Gasteiger partial charge in [0.05, 0.1) is 12.6 Å². The maximum Gasteiger partial charge on any atom is 0.223 e. The number of ether oxygens (including phenoxy) is 2. The van der Waals surface area contributed by atoms with E-state index in [0.29, 0.717) is 17.2 Å². The average molecular weight is 358 g/mol. The molecule has 0 aliphatic heterocycles. The third-order valence-corrected chi connectivity index (χ3v) is 4.30. The van der Waals surface area contributed by atoms with E-state index < -0.39 is 0 Å². The molecule has 4 aromatic rings. The van der Waals surface area contributed by atoms with Gasteiger partial charge in [-0.3, -0.25) is 4.57 Å². The van der Waals surface area contributed by atoms with Crippen LogP contribution in [0, 0.1) is 17.1 Å². The first-order valence-electron chi connectivity index (χ1n) is 8.32. The Morgan fingerprint density at radius 1 is 0.889 bits per heavy atom. The maximum absolute atomic E-state index is 13.2. The first-order chi connectivity index (χ1) is 13.2. The Hall–Kier alpha value is -3.78. The zero-order chi connectivity index (χ0) is 18.8. The summed E-state index contributed by atoms with van der Waals surface area (Å²) in [5.41, 5.74) is 2.09. The summed E-state index contributed by atoms with van der Waals surface area (Å²) < 4.78 is 26.4. The molecule has 0 aliphatic carbocycles. The second-order valence-electron chi connectivity index (χ2n) is 5.90. The van der Waals surface area contributed by atoms with Crippen LogP contribution >= 0.6 is 0 Å². The van der Waals surface area contributed by atoms with Crippen LogP contribution in [0.15, 0.2) is 72.8 Å². The Kier molecular flexibility index (Phi) is 4.23. The predicted molar refractivity (Wildman–Crippen MR) is 101 cm³/mol. The zero-order valence-electron chi connectivity index (χ0n) is 14.5. The molecule has 0 N–H and O–H groups in total. The van der Waals surface area contributed by atoms with Crippen molar-refractivity contribution in [3.05, 3.63) is 84.2 Å². The van der Waals surface area contributed by atoms with Crippen molar-refractivity contribution in [1.82, 2.24) is 4.57 Å². The number of halogens is 1. The van der Waals surface area contributed by atoms with Crippen molar-refractivity contribution in [2.45, 2.75) is 0 Å². The van der Waals surface area contributed by atoms with E-state index in [9.17, 15) is 9.65 Å². The number of rotatable bonds is 4. The van der Waals surface area contributed by atoms with E-state index >= 15 is 0 Å². The van der Waals surface area contributed by atoms with Gasteiger partial charge >= 0.3 is 0 Å². The lowest BCUT2D eigenvalue weighted by atomic mass is 10.2. The molecule has 0 amide bonds. The van der Waals surface area contributed by atoms with Crippen LogP contribution < -0.4 is 9.47 Å². The highest BCUT2D eigenvalue weighted by molar-refractivity contribution is 5.91. The number of hydrogen-bond donors (Lipinski definition) is 0. The quantitative estimate of drug-likeness (QED) is 0.488. The van der Waals surface area contributed by atoms with E-state index in [1.54, 1.807) is 7.11 Å². The van der Waals surface area contributed by atoms with Crippen molar-refractivity contribution < 1.29 is 13.9 Å². The molecule has 4 nitrogen and oxygen atoms in total. The summed E-state index contributed by atoms with van der Waals surface area (Å²) in [6.45, 7) is 0. The Morgan fingerprint density at radius 2 is 1.56 bits per heavy atom. The molecule has 0 radical (unpaired) electrons. The number of fused-ring (bicyclic) bond motifs is 1. The second kappa shape index (κ2) is 6.85. The van der Waals surface area contributed by atoms with Crippen LogP contribution in [0.25, 0.3) is 16.6 Å². The van der Waals surface area contributed by atoms with Crippen molar-refractivity contribution in [2.75, 3.05) is 7.11 Å². The van der Waals surface area contributed by atoms with Gasteiger partial charge in [0.2, 0.25) is 5.88 Å². The zero-order valence-corrected chi connectivity index (χ0v) is 14.5. The number of aromatic nitrogens is 1. The summed E-state index contributed by atoms with van der Waals surface area (Å²) in [4.78, 5) is 0. The smallest absolute Gasteiger partial charge is 0.223 e. The number of para-hydroxylation sites is 1. The molecular formula is C22H15FN2O2. The van der Waals surface area contributed by atoms with Gasteiger partial charge in [-0.2, -0.15) is 5.26 Å². The SMILES string of the molecule is COc1ccc(-n2c(Oc3ccc(F)cc3)c(C#N)c3ccccc32)cc1. The molecule has 0 unspecified atom stereocenters. The van der Waals surface area contributed by atoms with E-state index in [1.165, 1.54) is 24.3 Å². The van der Waals surface area contributed by atoms with Crippen molar-refractivity contribution in [3.63, 3.8) is 0 Å². The highest BCUT2D eigenvalue weighted by atomic mass is 19.1. The lowest BCUT2D eigenvalue weighted by Crippen LogP contribution is -1.98. The molecule has 0 saturated heterocycles. The minimum atomic E-state index is -0.349. The average Bonchev–Trinajstić information content (AvgIpc) is 3.02. The topological polar surface area (TPSA) is 47.2 Å². The molecule has 0 fully saturated rings. The van der Waals surface area contributed by atoms with Gasteiger partial charge in [-0.15, -0.1) is 0 Å². The van der Waals surface area contributed by atoms with E-state index in [-0.39, 0.29) is 5.82 Å². The van der Waals surface area contributed by atoms with Gasteiger partial charge in [-0.05, 0) is 54.6 Å². The van der Waals surface area contributed by atoms with E-state index in [0.717, 1.165) is 22.3 Å². The standard InChI is InChI=1S/C22H15FN2O2/c1-26-17-12-8-16(9-13-17)25-21-5-3-2-4-19(21)20(14-24)22(25)27-18-10-6-15(23)7-11-18/h2-13H,1H3. The Morgan fingerprint density at radius 3 is 2.22 bits per heavy atom. The summed E-state index contributed by atoms with van der Waals surface area (Å²) >= 11 is 0. The Balaban J connectivity index is 1.94. The largest absolute Gasteiger partial charge is 0.497 e. The molecule has 4 rings (SSSR count). The Bertz CT molecular complexity index is 1140. The molecule has 1 heterocycles. The highest BCUT2D eigenvalue weighted by Gasteiger charge is 2.20. The molecule has 0 spiro atoms. The van der Waals surface area contributed by atoms with Gasteiger partial charge in [0.15, 0.2) is 0 Å². The summed E-state index contributed by atoms with van der Waals surface area (Å²) in [5.74, 6) is 1.22. The van der Waals surface area contributed by atoms with Crippen LogP contribution in [0.1, 0.15) is 5.56 Å². The lowest BCUT2D eigenvalue weighted by molar-refractivity contribution is 0.414. The monoisotopic (exact) mass is 358 g/mol. The number of nitrogens with zero attached hydrogens (tertiary/aromatic N) is 2. The van der Waals surface area contributed by atoms with Gasteiger partial charge in [-0.25, -0.2) is 4.39 Å². The van der Waals surface area contributed by atoms with Gasteiger partial charge in [0, 0.05) is 11.1 Å². The predicted octanol–water partition coefficient (Wildman–Crippen LogP) is 5.44. The molecule has 3 aromatic carbocycles. The van der Waals surface area contributed by atoms with E-state index in [1.807, 2.05) is 53.1 Å². The van der Waals surface area contributed by atoms with Gasteiger partial charge in [0.1, 0.15) is 28.9 Å². The minimum absolute atomic E-state index is 0.349. The first-order valence-corrected chi connectivity index (χ1v) is 8.32. The first kappa shape index (κ1) is 16.7. The van der Waals surface area contributed by atoms with Crippen LogP contribution in [-0.4, -0.2) is 11.7 Å². The Labute approximate surface area is 155 Å². The van der Waals surface area contributed by atoms with Crippen LogP contribution in [0.4, 0.5) is 4.39 Å². The molecule has 0 saturated carbocycles.